The zero-order valence-corrected chi connectivity index (χ0v) is 8.33. The molecule has 1 aliphatic carbocycles. The number of aliphatic hydroxyl groups is 1. The first-order chi connectivity index (χ1) is 5.66. The standard InChI is InChI=1S/C11H20O/c1-8-5-4-6-11(10(8)3)9(2)7-12/h4,6,8-12H,5,7H2,1-3H3. The Hall–Kier alpha value is -0.300. The number of hydrogen-bond donors (Lipinski definition) is 1. The third-order valence-electron chi connectivity index (χ3n) is 3.32. The highest BCUT2D eigenvalue weighted by Gasteiger charge is 2.26. The minimum atomic E-state index is 0.312. The Morgan fingerprint density at radius 2 is 2.17 bits per heavy atom. The van der Waals surface area contributed by atoms with Crippen LogP contribution in [0.25, 0.3) is 0 Å². The Morgan fingerprint density at radius 1 is 1.50 bits per heavy atom. The first kappa shape index (κ1) is 9.79. The lowest BCUT2D eigenvalue weighted by molar-refractivity contribution is 0.151. The molecule has 1 heteroatoms. The smallest absolute Gasteiger partial charge is 0.0462 e. The van der Waals surface area contributed by atoms with Crippen LogP contribution in [0.5, 0.6) is 0 Å². The van der Waals surface area contributed by atoms with Crippen molar-refractivity contribution in [3.8, 4) is 0 Å². The van der Waals surface area contributed by atoms with Crippen LogP contribution in [0, 0.1) is 23.7 Å². The van der Waals surface area contributed by atoms with Gasteiger partial charge in [-0.05, 0) is 30.1 Å². The Kier molecular flexibility index (Phi) is 3.33. The lowest BCUT2D eigenvalue weighted by Crippen LogP contribution is -2.27. The molecule has 0 saturated carbocycles. The molecule has 0 aromatic heterocycles. The van der Waals surface area contributed by atoms with Gasteiger partial charge in [0, 0.05) is 6.61 Å². The molecule has 0 bridgehead atoms. The van der Waals surface area contributed by atoms with Crippen LogP contribution in [0.15, 0.2) is 12.2 Å². The van der Waals surface area contributed by atoms with Gasteiger partial charge in [-0.1, -0.05) is 32.9 Å². The van der Waals surface area contributed by atoms with Gasteiger partial charge < -0.3 is 5.11 Å². The van der Waals surface area contributed by atoms with Crippen molar-refractivity contribution in [2.75, 3.05) is 6.61 Å². The lowest BCUT2D eigenvalue weighted by atomic mass is 9.73. The average Bonchev–Trinajstić information content (AvgIpc) is 2.08. The highest BCUT2D eigenvalue weighted by molar-refractivity contribution is 4.99. The summed E-state index contributed by atoms with van der Waals surface area (Å²) in [7, 11) is 0. The van der Waals surface area contributed by atoms with E-state index in [9.17, 15) is 0 Å². The van der Waals surface area contributed by atoms with Gasteiger partial charge in [0.1, 0.15) is 0 Å². The fourth-order valence-electron chi connectivity index (χ4n) is 2.05. The largest absolute Gasteiger partial charge is 0.396 e. The fourth-order valence-corrected chi connectivity index (χ4v) is 2.05. The molecule has 1 nitrogen and oxygen atoms in total. The van der Waals surface area contributed by atoms with Crippen LogP contribution in [-0.4, -0.2) is 11.7 Å². The van der Waals surface area contributed by atoms with Gasteiger partial charge in [-0.2, -0.15) is 0 Å². The van der Waals surface area contributed by atoms with Crippen LogP contribution in [-0.2, 0) is 0 Å². The van der Waals surface area contributed by atoms with Crippen molar-refractivity contribution < 1.29 is 5.11 Å². The summed E-state index contributed by atoms with van der Waals surface area (Å²) < 4.78 is 0. The van der Waals surface area contributed by atoms with E-state index < -0.39 is 0 Å². The Labute approximate surface area is 75.5 Å². The molecule has 0 spiro atoms. The monoisotopic (exact) mass is 168 g/mol. The Morgan fingerprint density at radius 3 is 2.75 bits per heavy atom. The quantitative estimate of drug-likeness (QED) is 0.628. The molecule has 1 N–H and O–H groups in total. The van der Waals surface area contributed by atoms with Crippen LogP contribution in [0.3, 0.4) is 0 Å². The molecule has 0 saturated heterocycles. The van der Waals surface area contributed by atoms with Crippen molar-refractivity contribution in [2.24, 2.45) is 23.7 Å². The molecule has 4 atom stereocenters. The van der Waals surface area contributed by atoms with E-state index in [2.05, 4.69) is 32.9 Å². The fraction of sp³-hybridized carbons (Fsp3) is 0.818. The number of hydrogen-bond acceptors (Lipinski definition) is 1. The summed E-state index contributed by atoms with van der Waals surface area (Å²) in [6.07, 6.45) is 5.75. The normalized spacial score (nSPS) is 38.2. The van der Waals surface area contributed by atoms with E-state index in [0.29, 0.717) is 18.4 Å². The van der Waals surface area contributed by atoms with E-state index in [-0.39, 0.29) is 0 Å². The van der Waals surface area contributed by atoms with Crippen molar-refractivity contribution in [1.82, 2.24) is 0 Å². The zero-order chi connectivity index (χ0) is 9.14. The van der Waals surface area contributed by atoms with Gasteiger partial charge in [0.05, 0.1) is 0 Å². The summed E-state index contributed by atoms with van der Waals surface area (Å²) in [5.41, 5.74) is 0. The Balaban J connectivity index is 2.63. The topological polar surface area (TPSA) is 20.2 Å². The van der Waals surface area contributed by atoms with Gasteiger partial charge in [0.2, 0.25) is 0 Å². The van der Waals surface area contributed by atoms with Gasteiger partial charge in [0.25, 0.3) is 0 Å². The second-order valence-electron chi connectivity index (χ2n) is 4.24. The first-order valence-electron chi connectivity index (χ1n) is 4.94. The average molecular weight is 168 g/mol. The first-order valence-corrected chi connectivity index (χ1v) is 4.94. The molecule has 70 valence electrons. The summed E-state index contributed by atoms with van der Waals surface area (Å²) in [4.78, 5) is 0. The molecular weight excluding hydrogens is 148 g/mol. The maximum absolute atomic E-state index is 9.06. The molecule has 0 amide bonds. The molecule has 0 aromatic carbocycles. The van der Waals surface area contributed by atoms with Gasteiger partial charge in [-0.25, -0.2) is 0 Å². The van der Waals surface area contributed by atoms with Crippen molar-refractivity contribution >= 4 is 0 Å². The summed E-state index contributed by atoms with van der Waals surface area (Å²) in [6.45, 7) is 7.03. The number of aliphatic hydroxyl groups excluding tert-OH is 1. The second kappa shape index (κ2) is 4.08. The third-order valence-corrected chi connectivity index (χ3v) is 3.32. The lowest BCUT2D eigenvalue weighted by Gasteiger charge is -2.33. The molecule has 0 aliphatic heterocycles. The van der Waals surface area contributed by atoms with Crippen molar-refractivity contribution in [3.05, 3.63) is 12.2 Å². The molecular formula is C11H20O. The van der Waals surface area contributed by atoms with E-state index in [1.165, 1.54) is 6.42 Å². The summed E-state index contributed by atoms with van der Waals surface area (Å²) >= 11 is 0. The number of allylic oxidation sites excluding steroid dienone is 2. The maximum atomic E-state index is 9.06. The summed E-state index contributed by atoms with van der Waals surface area (Å²) in [6, 6.07) is 0. The van der Waals surface area contributed by atoms with E-state index in [1.807, 2.05) is 0 Å². The minimum absolute atomic E-state index is 0.312. The van der Waals surface area contributed by atoms with Crippen LogP contribution in [0.2, 0.25) is 0 Å². The van der Waals surface area contributed by atoms with E-state index in [0.717, 1.165) is 11.8 Å². The molecule has 0 radical (unpaired) electrons. The maximum Gasteiger partial charge on any atom is 0.0462 e. The summed E-state index contributed by atoms with van der Waals surface area (Å²) in [5, 5.41) is 9.06. The molecule has 1 rings (SSSR count). The van der Waals surface area contributed by atoms with Crippen molar-refractivity contribution in [3.63, 3.8) is 0 Å². The van der Waals surface area contributed by atoms with Crippen LogP contribution >= 0.6 is 0 Å². The van der Waals surface area contributed by atoms with E-state index in [1.54, 1.807) is 0 Å². The molecule has 12 heavy (non-hydrogen) atoms. The molecule has 4 unspecified atom stereocenters. The van der Waals surface area contributed by atoms with E-state index >= 15 is 0 Å². The molecule has 0 aromatic rings. The molecule has 0 fully saturated rings. The molecule has 0 heterocycles. The van der Waals surface area contributed by atoms with E-state index in [4.69, 9.17) is 5.11 Å². The minimum Gasteiger partial charge on any atom is -0.396 e. The van der Waals surface area contributed by atoms with Crippen molar-refractivity contribution in [2.45, 2.75) is 27.2 Å². The zero-order valence-electron chi connectivity index (χ0n) is 8.33. The Bertz CT molecular complexity index is 162. The van der Waals surface area contributed by atoms with Crippen LogP contribution in [0.1, 0.15) is 27.2 Å². The summed E-state index contributed by atoms with van der Waals surface area (Å²) in [5.74, 6) is 2.49. The predicted molar refractivity (Wildman–Crippen MR) is 51.8 cm³/mol. The predicted octanol–water partition coefficient (Wildman–Crippen LogP) is 2.46. The second-order valence-corrected chi connectivity index (χ2v) is 4.24. The van der Waals surface area contributed by atoms with Crippen LogP contribution < -0.4 is 0 Å². The highest BCUT2D eigenvalue weighted by Crippen LogP contribution is 2.33. The molecule has 1 aliphatic rings. The highest BCUT2D eigenvalue weighted by atomic mass is 16.3. The number of rotatable bonds is 2. The third kappa shape index (κ3) is 1.89. The van der Waals surface area contributed by atoms with Gasteiger partial charge >= 0.3 is 0 Å². The van der Waals surface area contributed by atoms with Gasteiger partial charge in [-0.3, -0.25) is 0 Å². The van der Waals surface area contributed by atoms with Crippen molar-refractivity contribution in [1.29, 1.82) is 0 Å². The van der Waals surface area contributed by atoms with Gasteiger partial charge in [-0.15, -0.1) is 0 Å². The van der Waals surface area contributed by atoms with Gasteiger partial charge in [0.15, 0.2) is 0 Å². The SMILES string of the molecule is CC1CC=CC(C(C)CO)C1C. The van der Waals surface area contributed by atoms with Crippen LogP contribution in [0.4, 0.5) is 0 Å².